The second-order valence-electron chi connectivity index (χ2n) is 7.02. The molecule has 180 valence electrons. The van der Waals surface area contributed by atoms with Crippen molar-refractivity contribution in [2.45, 2.75) is 10.6 Å². The molecule has 5 nitrogen and oxygen atoms in total. The highest BCUT2D eigenvalue weighted by Gasteiger charge is 2.28. The van der Waals surface area contributed by atoms with E-state index in [0.717, 1.165) is 4.31 Å². The van der Waals surface area contributed by atoms with Gasteiger partial charge >= 0.3 is 0 Å². The third kappa shape index (κ3) is 6.79. The SMILES string of the molecule is O=C(CN(c1cc(Cl)ccc1Cl)S(=O)(=O)c1ccccc1)NCCSCc1c(F)cccc1Cl. The van der Waals surface area contributed by atoms with Gasteiger partial charge < -0.3 is 5.32 Å². The van der Waals surface area contributed by atoms with E-state index >= 15 is 0 Å². The van der Waals surface area contributed by atoms with Gasteiger partial charge in [-0.3, -0.25) is 9.10 Å². The van der Waals surface area contributed by atoms with Crippen molar-refractivity contribution < 1.29 is 17.6 Å². The number of amides is 1. The van der Waals surface area contributed by atoms with Crippen LogP contribution in [0, 0.1) is 5.82 Å². The average molecular weight is 562 g/mol. The van der Waals surface area contributed by atoms with Crippen molar-refractivity contribution in [1.82, 2.24) is 5.32 Å². The standard InChI is InChI=1S/C23H20Cl3FN2O3S2/c24-16-9-10-20(26)22(13-16)29(34(31,32)17-5-2-1-3-6-17)14-23(30)28-11-12-33-15-18-19(25)7-4-8-21(18)27/h1-10,13H,11-12,14-15H2,(H,28,30). The molecule has 0 aliphatic rings. The van der Waals surface area contributed by atoms with Gasteiger partial charge in [-0.1, -0.05) is 59.1 Å². The lowest BCUT2D eigenvalue weighted by Gasteiger charge is -2.25. The Morgan fingerprint density at radius 2 is 1.71 bits per heavy atom. The zero-order valence-corrected chi connectivity index (χ0v) is 21.6. The molecule has 0 fully saturated rings. The molecular formula is C23H20Cl3FN2O3S2. The zero-order chi connectivity index (χ0) is 24.7. The maximum Gasteiger partial charge on any atom is 0.264 e. The number of hydrogen-bond donors (Lipinski definition) is 1. The summed E-state index contributed by atoms with van der Waals surface area (Å²) in [4.78, 5) is 12.7. The van der Waals surface area contributed by atoms with E-state index in [9.17, 15) is 17.6 Å². The summed E-state index contributed by atoms with van der Waals surface area (Å²) in [6, 6.07) is 16.6. The van der Waals surface area contributed by atoms with Crippen LogP contribution < -0.4 is 9.62 Å². The van der Waals surface area contributed by atoms with E-state index in [1.54, 1.807) is 24.3 Å². The molecule has 11 heteroatoms. The first kappa shape index (κ1) is 26.6. The molecule has 0 heterocycles. The number of carbonyl (C=O) groups excluding carboxylic acids is 1. The number of hydrogen-bond acceptors (Lipinski definition) is 4. The third-order valence-corrected chi connectivity index (χ3v) is 8.34. The Morgan fingerprint density at radius 1 is 0.971 bits per heavy atom. The summed E-state index contributed by atoms with van der Waals surface area (Å²) in [6.45, 7) is -0.251. The largest absolute Gasteiger partial charge is 0.354 e. The number of rotatable bonds is 10. The Balaban J connectivity index is 1.68. The van der Waals surface area contributed by atoms with Gasteiger partial charge in [0.15, 0.2) is 0 Å². The number of benzene rings is 3. The van der Waals surface area contributed by atoms with Gasteiger partial charge in [-0.25, -0.2) is 12.8 Å². The summed E-state index contributed by atoms with van der Waals surface area (Å²) in [6.07, 6.45) is 0. The molecular weight excluding hydrogens is 542 g/mol. The molecule has 0 aromatic heterocycles. The normalized spacial score (nSPS) is 11.3. The second-order valence-corrected chi connectivity index (χ2v) is 11.2. The molecule has 0 bridgehead atoms. The van der Waals surface area contributed by atoms with E-state index < -0.39 is 22.5 Å². The second kappa shape index (κ2) is 12.1. The van der Waals surface area contributed by atoms with E-state index in [0.29, 0.717) is 22.1 Å². The van der Waals surface area contributed by atoms with E-state index in [-0.39, 0.29) is 33.0 Å². The lowest BCUT2D eigenvalue weighted by Crippen LogP contribution is -2.41. The van der Waals surface area contributed by atoms with Crippen LogP contribution in [0.1, 0.15) is 5.56 Å². The lowest BCUT2D eigenvalue weighted by molar-refractivity contribution is -0.119. The van der Waals surface area contributed by atoms with Gasteiger partial charge in [0.2, 0.25) is 5.91 Å². The van der Waals surface area contributed by atoms with Crippen LogP contribution in [-0.2, 0) is 20.6 Å². The summed E-state index contributed by atoms with van der Waals surface area (Å²) >= 11 is 19.7. The van der Waals surface area contributed by atoms with Gasteiger partial charge in [0.25, 0.3) is 10.0 Å². The molecule has 0 spiro atoms. The van der Waals surface area contributed by atoms with Crippen molar-refractivity contribution in [2.24, 2.45) is 0 Å². The van der Waals surface area contributed by atoms with Crippen molar-refractivity contribution in [1.29, 1.82) is 0 Å². The summed E-state index contributed by atoms with van der Waals surface area (Å²) in [5, 5.41) is 3.44. The number of anilines is 1. The minimum absolute atomic E-state index is 0.0103. The monoisotopic (exact) mass is 560 g/mol. The zero-order valence-electron chi connectivity index (χ0n) is 17.7. The first-order valence-corrected chi connectivity index (χ1v) is 13.7. The summed E-state index contributed by atoms with van der Waals surface area (Å²) in [5.41, 5.74) is 0.493. The quantitative estimate of drug-likeness (QED) is 0.307. The topological polar surface area (TPSA) is 66.5 Å². The van der Waals surface area contributed by atoms with Crippen LogP contribution in [0.3, 0.4) is 0 Å². The van der Waals surface area contributed by atoms with E-state index in [2.05, 4.69) is 5.32 Å². The molecule has 0 aliphatic carbocycles. The highest BCUT2D eigenvalue weighted by atomic mass is 35.5. The number of nitrogens with one attached hydrogen (secondary N) is 1. The predicted octanol–water partition coefficient (Wildman–Crippen LogP) is 6.03. The Hall–Kier alpha value is -1.97. The maximum absolute atomic E-state index is 13.9. The smallest absolute Gasteiger partial charge is 0.264 e. The van der Waals surface area contributed by atoms with Crippen molar-refractivity contribution in [3.63, 3.8) is 0 Å². The van der Waals surface area contributed by atoms with Crippen LogP contribution in [0.25, 0.3) is 0 Å². The Kier molecular flexibility index (Phi) is 9.50. The summed E-state index contributed by atoms with van der Waals surface area (Å²) < 4.78 is 41.4. The fraction of sp³-hybridized carbons (Fsp3) is 0.174. The highest BCUT2D eigenvalue weighted by molar-refractivity contribution is 7.98. The summed E-state index contributed by atoms with van der Waals surface area (Å²) in [5.74, 6) is -0.0994. The molecule has 0 aliphatic heterocycles. The van der Waals surface area contributed by atoms with Crippen LogP contribution in [-0.4, -0.2) is 33.2 Å². The van der Waals surface area contributed by atoms with Gasteiger partial charge in [0.1, 0.15) is 12.4 Å². The average Bonchev–Trinajstić information content (AvgIpc) is 2.81. The maximum atomic E-state index is 13.9. The van der Waals surface area contributed by atoms with Crippen LogP contribution in [0.15, 0.2) is 71.6 Å². The van der Waals surface area contributed by atoms with Crippen LogP contribution in [0.2, 0.25) is 15.1 Å². The van der Waals surface area contributed by atoms with Crippen LogP contribution in [0.5, 0.6) is 0 Å². The number of halogens is 4. The first-order chi connectivity index (χ1) is 16.2. The Bertz CT molecular complexity index is 1240. The molecule has 1 N–H and O–H groups in total. The number of sulfonamides is 1. The molecule has 1 amide bonds. The number of thioether (sulfide) groups is 1. The van der Waals surface area contributed by atoms with Gasteiger partial charge in [-0.05, 0) is 42.5 Å². The van der Waals surface area contributed by atoms with Crippen molar-refractivity contribution in [3.05, 3.63) is 93.2 Å². The molecule has 3 aromatic carbocycles. The fourth-order valence-electron chi connectivity index (χ4n) is 2.99. The first-order valence-electron chi connectivity index (χ1n) is 10.0. The van der Waals surface area contributed by atoms with Crippen LogP contribution in [0.4, 0.5) is 10.1 Å². The Morgan fingerprint density at radius 3 is 2.41 bits per heavy atom. The van der Waals surface area contributed by atoms with E-state index in [1.807, 2.05) is 0 Å². The van der Waals surface area contributed by atoms with Gasteiger partial charge in [0.05, 0.1) is 15.6 Å². The Labute approximate surface area is 217 Å². The molecule has 0 radical (unpaired) electrons. The van der Waals surface area contributed by atoms with Crippen molar-refractivity contribution in [3.8, 4) is 0 Å². The van der Waals surface area contributed by atoms with E-state index in [4.69, 9.17) is 34.8 Å². The molecule has 0 unspecified atom stereocenters. The van der Waals surface area contributed by atoms with Gasteiger partial charge in [0, 0.05) is 33.7 Å². The fourth-order valence-corrected chi connectivity index (χ4v) is 6.08. The van der Waals surface area contributed by atoms with Gasteiger partial charge in [-0.15, -0.1) is 0 Å². The summed E-state index contributed by atoms with van der Waals surface area (Å²) in [7, 11) is -4.10. The highest BCUT2D eigenvalue weighted by Crippen LogP contribution is 2.33. The van der Waals surface area contributed by atoms with Crippen LogP contribution >= 0.6 is 46.6 Å². The number of nitrogens with zero attached hydrogens (tertiary/aromatic N) is 1. The minimum atomic E-state index is -4.10. The number of carbonyl (C=O) groups is 1. The lowest BCUT2D eigenvalue weighted by atomic mass is 10.2. The molecule has 0 saturated heterocycles. The molecule has 0 atom stereocenters. The third-order valence-electron chi connectivity index (χ3n) is 4.67. The molecule has 34 heavy (non-hydrogen) atoms. The minimum Gasteiger partial charge on any atom is -0.354 e. The van der Waals surface area contributed by atoms with Crippen molar-refractivity contribution in [2.75, 3.05) is 23.1 Å². The van der Waals surface area contributed by atoms with Gasteiger partial charge in [-0.2, -0.15) is 11.8 Å². The molecule has 3 rings (SSSR count). The predicted molar refractivity (Wildman–Crippen MR) is 138 cm³/mol. The van der Waals surface area contributed by atoms with E-state index in [1.165, 1.54) is 54.2 Å². The van der Waals surface area contributed by atoms with Crippen molar-refractivity contribution >= 4 is 68.2 Å². The molecule has 0 saturated carbocycles. The molecule has 3 aromatic rings.